The van der Waals surface area contributed by atoms with Gasteiger partial charge in [-0.05, 0) is 40.6 Å². The Morgan fingerprint density at radius 2 is 1.83 bits per heavy atom. The number of likely N-dealkylation sites (N-methyl/N-ethyl adjacent to an activating group) is 1. The summed E-state index contributed by atoms with van der Waals surface area (Å²) in [4.78, 5) is 15.7. The molecule has 0 bridgehead atoms. The maximum atomic E-state index is 12.2. The Bertz CT molecular complexity index is 731. The largest absolute Gasteiger partial charge is 0.497 e. The molecule has 4 heteroatoms. The van der Waals surface area contributed by atoms with E-state index in [4.69, 9.17) is 4.74 Å². The van der Waals surface area contributed by atoms with Gasteiger partial charge in [-0.1, -0.05) is 18.2 Å². The van der Waals surface area contributed by atoms with Crippen molar-refractivity contribution in [2.24, 2.45) is 0 Å². The molecule has 2 aromatic carbocycles. The monoisotopic (exact) mass is 311 g/mol. The van der Waals surface area contributed by atoms with Gasteiger partial charge in [-0.15, -0.1) is 0 Å². The van der Waals surface area contributed by atoms with Gasteiger partial charge in [-0.3, -0.25) is 4.79 Å². The van der Waals surface area contributed by atoms with Crippen LogP contribution in [0.5, 0.6) is 5.75 Å². The summed E-state index contributed by atoms with van der Waals surface area (Å²) in [6.45, 7) is 3.73. The normalized spacial score (nSPS) is 16.2. The molecule has 0 aliphatic carbocycles. The third kappa shape index (κ3) is 3.71. The minimum atomic E-state index is 0.104. The van der Waals surface area contributed by atoms with E-state index in [0.717, 1.165) is 48.3 Å². The van der Waals surface area contributed by atoms with Crippen LogP contribution in [0, 0.1) is 0 Å². The fourth-order valence-electron chi connectivity index (χ4n) is 2.85. The molecule has 0 unspecified atom stereocenters. The second-order valence-electron chi connectivity index (χ2n) is 6.09. The highest BCUT2D eigenvalue weighted by molar-refractivity contribution is 5.93. The van der Waals surface area contributed by atoms with Gasteiger partial charge in [-0.25, -0.2) is 0 Å². The lowest BCUT2D eigenvalue weighted by Crippen LogP contribution is -3.12. The van der Waals surface area contributed by atoms with E-state index in [9.17, 15) is 4.79 Å². The number of nitrogens with zero attached hydrogens (tertiary/aromatic N) is 1. The quantitative estimate of drug-likeness (QED) is 0.865. The van der Waals surface area contributed by atoms with Crippen LogP contribution in [0.1, 0.15) is 5.56 Å². The average Bonchev–Trinajstić information content (AvgIpc) is 2.59. The van der Waals surface area contributed by atoms with E-state index in [0.29, 0.717) is 0 Å². The van der Waals surface area contributed by atoms with Crippen molar-refractivity contribution in [1.82, 2.24) is 4.90 Å². The van der Waals surface area contributed by atoms with Crippen LogP contribution in [0.3, 0.4) is 0 Å². The summed E-state index contributed by atoms with van der Waals surface area (Å²) < 4.78 is 5.24. The number of hydrogen-bond donors (Lipinski definition) is 1. The number of benzene rings is 2. The van der Waals surface area contributed by atoms with E-state index in [-0.39, 0.29) is 5.91 Å². The number of hydrogen-bond acceptors (Lipinski definition) is 2. The van der Waals surface area contributed by atoms with Crippen molar-refractivity contribution >= 4 is 22.8 Å². The lowest BCUT2D eigenvalue weighted by atomic mass is 10.1. The zero-order valence-electron chi connectivity index (χ0n) is 13.7. The van der Waals surface area contributed by atoms with Gasteiger partial charge in [-0.2, -0.15) is 0 Å². The van der Waals surface area contributed by atoms with Gasteiger partial charge in [0.25, 0.3) is 0 Å². The predicted octanol–water partition coefficient (Wildman–Crippen LogP) is 1.22. The number of fused-ring (bicyclic) bond motifs is 1. The van der Waals surface area contributed by atoms with Crippen molar-refractivity contribution in [2.45, 2.75) is 0 Å². The SMILES string of the molecule is COc1ccc2cc(/C=C/C(=O)N3CC[NH+](C)CC3)ccc2c1. The van der Waals surface area contributed by atoms with Gasteiger partial charge < -0.3 is 14.5 Å². The molecule has 1 heterocycles. The molecule has 120 valence electrons. The molecule has 0 atom stereocenters. The average molecular weight is 311 g/mol. The van der Waals surface area contributed by atoms with Crippen LogP contribution >= 0.6 is 0 Å². The summed E-state index contributed by atoms with van der Waals surface area (Å²) in [6, 6.07) is 12.2. The zero-order valence-corrected chi connectivity index (χ0v) is 13.7. The molecule has 1 fully saturated rings. The van der Waals surface area contributed by atoms with Crippen molar-refractivity contribution < 1.29 is 14.4 Å². The standard InChI is InChI=1S/C19H22N2O2/c1-20-9-11-21(12-10-20)19(22)8-4-15-3-5-17-14-18(23-2)7-6-16(17)13-15/h3-8,13-14H,9-12H2,1-2H3/p+1/b8-4+. The van der Waals surface area contributed by atoms with Crippen LogP contribution in [0.25, 0.3) is 16.8 Å². The van der Waals surface area contributed by atoms with Gasteiger partial charge in [0, 0.05) is 6.08 Å². The van der Waals surface area contributed by atoms with E-state index in [1.165, 1.54) is 4.90 Å². The second kappa shape index (κ2) is 6.84. The van der Waals surface area contributed by atoms with Crippen molar-refractivity contribution in [3.63, 3.8) is 0 Å². The summed E-state index contributed by atoms with van der Waals surface area (Å²) >= 11 is 0. The number of quaternary nitrogens is 1. The van der Waals surface area contributed by atoms with Gasteiger partial charge in [0.05, 0.1) is 40.3 Å². The Hall–Kier alpha value is -2.33. The zero-order chi connectivity index (χ0) is 16.2. The van der Waals surface area contributed by atoms with E-state index in [1.807, 2.05) is 35.2 Å². The molecule has 0 aromatic heterocycles. The highest BCUT2D eigenvalue weighted by Gasteiger charge is 2.19. The number of ether oxygens (including phenoxy) is 1. The number of amides is 1. The minimum absolute atomic E-state index is 0.104. The van der Waals surface area contributed by atoms with Gasteiger partial charge >= 0.3 is 0 Å². The fraction of sp³-hybridized carbons (Fsp3) is 0.316. The smallest absolute Gasteiger partial charge is 0.246 e. The Morgan fingerprint density at radius 1 is 1.13 bits per heavy atom. The topological polar surface area (TPSA) is 34.0 Å². The molecule has 4 nitrogen and oxygen atoms in total. The molecule has 23 heavy (non-hydrogen) atoms. The van der Waals surface area contributed by atoms with Crippen molar-refractivity contribution in [1.29, 1.82) is 0 Å². The molecule has 1 aliphatic rings. The van der Waals surface area contributed by atoms with E-state index >= 15 is 0 Å². The Kier molecular flexibility index (Phi) is 4.63. The lowest BCUT2D eigenvalue weighted by Gasteiger charge is -2.29. The first kappa shape index (κ1) is 15.6. The second-order valence-corrected chi connectivity index (χ2v) is 6.09. The number of piperazine rings is 1. The molecule has 0 radical (unpaired) electrons. The number of nitrogens with one attached hydrogen (secondary N) is 1. The third-order valence-electron chi connectivity index (χ3n) is 4.42. The summed E-state index contributed by atoms with van der Waals surface area (Å²) in [7, 11) is 3.84. The van der Waals surface area contributed by atoms with Crippen molar-refractivity contribution in [2.75, 3.05) is 40.3 Å². The molecule has 2 aromatic rings. The lowest BCUT2D eigenvalue weighted by molar-refractivity contribution is -0.883. The van der Waals surface area contributed by atoms with E-state index < -0.39 is 0 Å². The molecule has 1 N–H and O–H groups in total. The third-order valence-corrected chi connectivity index (χ3v) is 4.42. The minimum Gasteiger partial charge on any atom is -0.497 e. The predicted molar refractivity (Wildman–Crippen MR) is 92.7 cm³/mol. The highest BCUT2D eigenvalue weighted by atomic mass is 16.5. The van der Waals surface area contributed by atoms with Crippen LogP contribution in [0.15, 0.2) is 42.5 Å². The maximum absolute atomic E-state index is 12.2. The molecule has 1 aliphatic heterocycles. The first-order valence-corrected chi connectivity index (χ1v) is 8.02. The molecular weight excluding hydrogens is 288 g/mol. The molecule has 0 spiro atoms. The van der Waals surface area contributed by atoms with Crippen LogP contribution in [0.4, 0.5) is 0 Å². The molecule has 1 amide bonds. The number of rotatable bonds is 3. The highest BCUT2D eigenvalue weighted by Crippen LogP contribution is 2.22. The van der Waals surface area contributed by atoms with Crippen LogP contribution in [0.2, 0.25) is 0 Å². The van der Waals surface area contributed by atoms with Gasteiger partial charge in [0.1, 0.15) is 5.75 Å². The van der Waals surface area contributed by atoms with Crippen molar-refractivity contribution in [3.8, 4) is 5.75 Å². The first-order chi connectivity index (χ1) is 11.2. The maximum Gasteiger partial charge on any atom is 0.246 e. The first-order valence-electron chi connectivity index (χ1n) is 8.02. The Balaban J connectivity index is 1.72. The van der Waals surface area contributed by atoms with Gasteiger partial charge in [0.15, 0.2) is 0 Å². The van der Waals surface area contributed by atoms with Crippen molar-refractivity contribution in [3.05, 3.63) is 48.0 Å². The molecule has 1 saturated heterocycles. The summed E-state index contributed by atoms with van der Waals surface area (Å²) in [5, 5.41) is 2.28. The summed E-state index contributed by atoms with van der Waals surface area (Å²) in [5.41, 5.74) is 1.04. The number of carbonyl (C=O) groups excluding carboxylic acids is 1. The van der Waals surface area contributed by atoms with Crippen LogP contribution in [-0.2, 0) is 4.79 Å². The van der Waals surface area contributed by atoms with Crippen LogP contribution < -0.4 is 9.64 Å². The number of methoxy groups -OCH3 is 1. The summed E-state index contributed by atoms with van der Waals surface area (Å²) in [6.07, 6.45) is 3.59. The fourth-order valence-corrected chi connectivity index (χ4v) is 2.85. The van der Waals surface area contributed by atoms with Gasteiger partial charge in [0.2, 0.25) is 5.91 Å². The number of carbonyl (C=O) groups is 1. The van der Waals surface area contributed by atoms with Crippen LogP contribution in [-0.4, -0.2) is 51.1 Å². The van der Waals surface area contributed by atoms with E-state index in [1.54, 1.807) is 13.2 Å². The molecule has 0 saturated carbocycles. The molecular formula is C19H23N2O2+. The van der Waals surface area contributed by atoms with E-state index in [2.05, 4.69) is 19.2 Å². The Morgan fingerprint density at radius 3 is 2.57 bits per heavy atom. The molecule has 3 rings (SSSR count). The Labute approximate surface area is 136 Å². The summed E-state index contributed by atoms with van der Waals surface area (Å²) in [5.74, 6) is 0.959.